The predicted molar refractivity (Wildman–Crippen MR) is 74.1 cm³/mol. The number of hydrogen-bond donors (Lipinski definition) is 0. The van der Waals surface area contributed by atoms with Crippen molar-refractivity contribution in [2.75, 3.05) is 11.6 Å². The third-order valence-corrected chi connectivity index (χ3v) is 5.31. The molecule has 1 aliphatic rings. The summed E-state index contributed by atoms with van der Waals surface area (Å²) >= 11 is 5.56. The maximum atomic E-state index is 12.8. The normalized spacial score (nSPS) is 15.9. The van der Waals surface area contributed by atoms with Gasteiger partial charge in [0.05, 0.1) is 5.75 Å². The molecule has 0 heterocycles. The SMILES string of the molecule is O=S(=O)(CCCCl)N(Cc1ccc(F)cc1)C1CC1. The number of hydrogen-bond acceptors (Lipinski definition) is 2. The van der Waals surface area contributed by atoms with E-state index in [-0.39, 0.29) is 17.6 Å². The minimum absolute atomic E-state index is 0.0776. The summed E-state index contributed by atoms with van der Waals surface area (Å²) in [7, 11) is -3.27. The molecule has 0 bridgehead atoms. The van der Waals surface area contributed by atoms with Crippen molar-refractivity contribution in [3.63, 3.8) is 0 Å². The van der Waals surface area contributed by atoms with Crippen LogP contribution in [0.1, 0.15) is 24.8 Å². The van der Waals surface area contributed by atoms with Crippen LogP contribution in [0, 0.1) is 5.82 Å². The monoisotopic (exact) mass is 305 g/mol. The summed E-state index contributed by atoms with van der Waals surface area (Å²) < 4.78 is 38.9. The first kappa shape index (κ1) is 14.8. The van der Waals surface area contributed by atoms with Crippen LogP contribution >= 0.6 is 11.6 Å². The highest BCUT2D eigenvalue weighted by molar-refractivity contribution is 7.89. The van der Waals surface area contributed by atoms with E-state index in [1.54, 1.807) is 12.1 Å². The van der Waals surface area contributed by atoms with Crippen molar-refractivity contribution in [2.24, 2.45) is 0 Å². The van der Waals surface area contributed by atoms with Crippen LogP contribution in [0.25, 0.3) is 0 Å². The summed E-state index contributed by atoms with van der Waals surface area (Å²) in [5.74, 6) is 0.106. The highest BCUT2D eigenvalue weighted by Gasteiger charge is 2.36. The average Bonchev–Trinajstić information content (AvgIpc) is 3.20. The molecule has 0 saturated heterocycles. The first-order valence-electron chi connectivity index (χ1n) is 6.33. The second kappa shape index (κ2) is 6.20. The largest absolute Gasteiger partial charge is 0.214 e. The van der Waals surface area contributed by atoms with E-state index in [2.05, 4.69) is 0 Å². The molecule has 0 aromatic heterocycles. The van der Waals surface area contributed by atoms with Crippen molar-refractivity contribution < 1.29 is 12.8 Å². The summed E-state index contributed by atoms with van der Waals surface area (Å²) in [5, 5.41) is 0. The molecule has 0 radical (unpaired) electrons. The van der Waals surface area contributed by atoms with Crippen molar-refractivity contribution in [3.05, 3.63) is 35.6 Å². The van der Waals surface area contributed by atoms with Gasteiger partial charge in [0.2, 0.25) is 10.0 Å². The molecule has 1 fully saturated rings. The van der Waals surface area contributed by atoms with Crippen LogP contribution in [-0.2, 0) is 16.6 Å². The van der Waals surface area contributed by atoms with E-state index in [0.717, 1.165) is 18.4 Å². The van der Waals surface area contributed by atoms with Crippen LogP contribution in [0.5, 0.6) is 0 Å². The van der Waals surface area contributed by atoms with Crippen molar-refractivity contribution in [1.82, 2.24) is 4.31 Å². The fraction of sp³-hybridized carbons (Fsp3) is 0.538. The van der Waals surface area contributed by atoms with Crippen molar-refractivity contribution >= 4 is 21.6 Å². The average molecular weight is 306 g/mol. The maximum absolute atomic E-state index is 12.8. The molecule has 1 aromatic carbocycles. The third kappa shape index (κ3) is 4.16. The van der Waals surface area contributed by atoms with E-state index in [0.29, 0.717) is 18.8 Å². The summed E-state index contributed by atoms with van der Waals surface area (Å²) in [6.07, 6.45) is 2.26. The Kier molecular flexibility index (Phi) is 4.81. The summed E-state index contributed by atoms with van der Waals surface area (Å²) in [5.41, 5.74) is 0.808. The van der Waals surface area contributed by atoms with E-state index in [9.17, 15) is 12.8 Å². The van der Waals surface area contributed by atoms with Gasteiger partial charge in [0.1, 0.15) is 5.82 Å². The molecular weight excluding hydrogens is 289 g/mol. The molecule has 1 aliphatic carbocycles. The summed E-state index contributed by atoms with van der Waals surface area (Å²) in [4.78, 5) is 0. The number of alkyl halides is 1. The molecule has 1 aromatic rings. The lowest BCUT2D eigenvalue weighted by Gasteiger charge is -2.21. The van der Waals surface area contributed by atoms with Crippen molar-refractivity contribution in [2.45, 2.75) is 31.8 Å². The highest BCUT2D eigenvalue weighted by Crippen LogP contribution is 2.31. The van der Waals surface area contributed by atoms with Crippen LogP contribution in [0.2, 0.25) is 0 Å². The lowest BCUT2D eigenvalue weighted by molar-refractivity contribution is 0.398. The van der Waals surface area contributed by atoms with Gasteiger partial charge in [-0.3, -0.25) is 0 Å². The zero-order valence-corrected chi connectivity index (χ0v) is 12.1. The zero-order chi connectivity index (χ0) is 13.9. The number of benzene rings is 1. The second-order valence-electron chi connectivity index (χ2n) is 4.76. The number of rotatable bonds is 7. The molecule has 0 N–H and O–H groups in total. The molecule has 106 valence electrons. The molecule has 0 atom stereocenters. The highest BCUT2D eigenvalue weighted by atomic mass is 35.5. The predicted octanol–water partition coefficient (Wildman–Crippen LogP) is 2.75. The van der Waals surface area contributed by atoms with Gasteiger partial charge in [-0.2, -0.15) is 4.31 Å². The van der Waals surface area contributed by atoms with Gasteiger partial charge >= 0.3 is 0 Å². The van der Waals surface area contributed by atoms with Gasteiger partial charge in [-0.25, -0.2) is 12.8 Å². The topological polar surface area (TPSA) is 37.4 Å². The molecule has 0 spiro atoms. The lowest BCUT2D eigenvalue weighted by atomic mass is 10.2. The zero-order valence-electron chi connectivity index (χ0n) is 10.6. The molecule has 2 rings (SSSR count). The van der Waals surface area contributed by atoms with Gasteiger partial charge in [-0.05, 0) is 37.0 Å². The van der Waals surface area contributed by atoms with Gasteiger partial charge < -0.3 is 0 Å². The van der Waals surface area contributed by atoms with Crippen molar-refractivity contribution in [3.8, 4) is 0 Å². The fourth-order valence-electron chi connectivity index (χ4n) is 1.94. The van der Waals surface area contributed by atoms with E-state index in [1.165, 1.54) is 16.4 Å². The third-order valence-electron chi connectivity index (χ3n) is 3.10. The Bertz CT molecular complexity index is 514. The molecule has 3 nitrogen and oxygen atoms in total. The Hall–Kier alpha value is -0.650. The molecular formula is C13H17ClFNO2S. The quantitative estimate of drug-likeness (QED) is 0.726. The van der Waals surface area contributed by atoms with E-state index < -0.39 is 10.0 Å². The number of halogens is 2. The molecule has 0 amide bonds. The summed E-state index contributed by atoms with van der Waals surface area (Å²) in [6.45, 7) is 0.315. The van der Waals surface area contributed by atoms with Gasteiger partial charge in [0, 0.05) is 18.5 Å². The van der Waals surface area contributed by atoms with Crippen LogP contribution in [-0.4, -0.2) is 30.4 Å². The minimum Gasteiger partial charge on any atom is -0.212 e. The van der Waals surface area contributed by atoms with E-state index in [4.69, 9.17) is 11.6 Å². The lowest BCUT2D eigenvalue weighted by Crippen LogP contribution is -2.34. The Labute approximate surface area is 118 Å². The molecule has 19 heavy (non-hydrogen) atoms. The standard InChI is InChI=1S/C13H17ClFNO2S/c14-8-1-9-19(17,18)16(13-6-7-13)10-11-2-4-12(15)5-3-11/h2-5,13H,1,6-10H2. The van der Waals surface area contributed by atoms with Gasteiger partial charge in [-0.15, -0.1) is 11.6 Å². The molecule has 6 heteroatoms. The maximum Gasteiger partial charge on any atom is 0.214 e. The van der Waals surface area contributed by atoms with Gasteiger partial charge in [-0.1, -0.05) is 12.1 Å². The molecule has 1 saturated carbocycles. The van der Waals surface area contributed by atoms with E-state index in [1.807, 2.05) is 0 Å². The van der Waals surface area contributed by atoms with Gasteiger partial charge in [0.25, 0.3) is 0 Å². The number of nitrogens with zero attached hydrogens (tertiary/aromatic N) is 1. The number of sulfonamides is 1. The van der Waals surface area contributed by atoms with Crippen LogP contribution in [0.15, 0.2) is 24.3 Å². The minimum atomic E-state index is -3.27. The summed E-state index contributed by atoms with van der Waals surface area (Å²) in [6, 6.07) is 6.06. The first-order chi connectivity index (χ1) is 9.03. The fourth-order valence-corrected chi connectivity index (χ4v) is 3.99. The Balaban J connectivity index is 2.10. The van der Waals surface area contributed by atoms with Crippen LogP contribution < -0.4 is 0 Å². The van der Waals surface area contributed by atoms with Crippen LogP contribution in [0.3, 0.4) is 0 Å². The Morgan fingerprint density at radius 2 is 1.89 bits per heavy atom. The Morgan fingerprint density at radius 1 is 1.26 bits per heavy atom. The van der Waals surface area contributed by atoms with Crippen molar-refractivity contribution in [1.29, 1.82) is 0 Å². The second-order valence-corrected chi connectivity index (χ2v) is 7.18. The van der Waals surface area contributed by atoms with E-state index >= 15 is 0 Å². The van der Waals surface area contributed by atoms with Gasteiger partial charge in [0.15, 0.2) is 0 Å². The Morgan fingerprint density at radius 3 is 2.42 bits per heavy atom. The smallest absolute Gasteiger partial charge is 0.212 e. The first-order valence-corrected chi connectivity index (χ1v) is 8.47. The van der Waals surface area contributed by atoms with Crippen LogP contribution in [0.4, 0.5) is 4.39 Å². The molecule has 0 aliphatic heterocycles. The molecule has 0 unspecified atom stereocenters.